The number of primary amides is 1. The van der Waals surface area contributed by atoms with E-state index in [4.69, 9.17) is 5.73 Å². The molecule has 0 radical (unpaired) electrons. The van der Waals surface area contributed by atoms with Gasteiger partial charge in [-0.05, 0) is 31.2 Å². The fourth-order valence-corrected chi connectivity index (χ4v) is 3.69. The van der Waals surface area contributed by atoms with Crippen LogP contribution in [0.25, 0.3) is 11.0 Å². The highest BCUT2D eigenvalue weighted by Gasteiger charge is 2.27. The Hall–Kier alpha value is -2.02. The van der Waals surface area contributed by atoms with Gasteiger partial charge < -0.3 is 15.2 Å². The lowest BCUT2D eigenvalue weighted by atomic mass is 9.97. The molecule has 1 aromatic carbocycles. The van der Waals surface area contributed by atoms with Gasteiger partial charge in [0.1, 0.15) is 12.4 Å². The number of nitrogens with zero attached hydrogens (tertiary/aromatic N) is 3. The van der Waals surface area contributed by atoms with Gasteiger partial charge in [-0.1, -0.05) is 12.1 Å². The summed E-state index contributed by atoms with van der Waals surface area (Å²) in [6.45, 7) is 1.37. The number of hydrogen-bond donors (Lipinski definition) is 1. The fraction of sp³-hybridized carbons (Fsp3) is 0.471. The SMILES string of the molecule is CSCc1nc2ccccc2n1CC(=O)N1CCCC(C(N)=O)C1. The van der Waals surface area contributed by atoms with Crippen LogP contribution in [0.15, 0.2) is 24.3 Å². The monoisotopic (exact) mass is 346 g/mol. The zero-order valence-corrected chi connectivity index (χ0v) is 14.6. The predicted octanol–water partition coefficient (Wildman–Crippen LogP) is 1.62. The molecule has 0 spiro atoms. The lowest BCUT2D eigenvalue weighted by molar-refractivity contribution is -0.135. The molecule has 0 saturated carbocycles. The van der Waals surface area contributed by atoms with Gasteiger partial charge in [0, 0.05) is 13.1 Å². The summed E-state index contributed by atoms with van der Waals surface area (Å²) in [5.74, 6) is 1.13. The summed E-state index contributed by atoms with van der Waals surface area (Å²) >= 11 is 1.68. The standard InChI is InChI=1S/C17H22N4O2S/c1-24-11-15-19-13-6-2-3-7-14(13)21(15)10-16(22)20-8-4-5-12(9-20)17(18)23/h2-3,6-7,12H,4-5,8-11H2,1H3,(H2,18,23). The number of piperidine rings is 1. The lowest BCUT2D eigenvalue weighted by Gasteiger charge is -2.31. The van der Waals surface area contributed by atoms with E-state index in [1.54, 1.807) is 16.7 Å². The van der Waals surface area contributed by atoms with Crippen LogP contribution >= 0.6 is 11.8 Å². The van der Waals surface area contributed by atoms with Gasteiger partial charge in [-0.2, -0.15) is 11.8 Å². The molecule has 6 nitrogen and oxygen atoms in total. The average molecular weight is 346 g/mol. The Morgan fingerprint density at radius 1 is 1.38 bits per heavy atom. The van der Waals surface area contributed by atoms with Crippen molar-refractivity contribution < 1.29 is 9.59 Å². The van der Waals surface area contributed by atoms with Crippen molar-refractivity contribution in [2.24, 2.45) is 11.7 Å². The first-order valence-electron chi connectivity index (χ1n) is 8.10. The number of hydrogen-bond acceptors (Lipinski definition) is 4. The smallest absolute Gasteiger partial charge is 0.242 e. The maximum absolute atomic E-state index is 12.8. The maximum atomic E-state index is 12.8. The third-order valence-electron chi connectivity index (χ3n) is 4.48. The highest BCUT2D eigenvalue weighted by Crippen LogP contribution is 2.21. The van der Waals surface area contributed by atoms with Crippen molar-refractivity contribution in [2.75, 3.05) is 19.3 Å². The van der Waals surface area contributed by atoms with Crippen LogP contribution in [0.1, 0.15) is 18.7 Å². The normalized spacial score (nSPS) is 18.0. The van der Waals surface area contributed by atoms with Crippen molar-refractivity contribution >= 4 is 34.6 Å². The third-order valence-corrected chi connectivity index (χ3v) is 5.02. The molecule has 1 atom stereocenters. The minimum absolute atomic E-state index is 0.0199. The Morgan fingerprint density at radius 3 is 2.92 bits per heavy atom. The van der Waals surface area contributed by atoms with Gasteiger partial charge in [0.05, 0.1) is 22.7 Å². The minimum Gasteiger partial charge on any atom is -0.369 e. The van der Waals surface area contributed by atoms with Gasteiger partial charge in [-0.3, -0.25) is 9.59 Å². The van der Waals surface area contributed by atoms with Gasteiger partial charge in [0.2, 0.25) is 11.8 Å². The molecule has 2 heterocycles. The number of aromatic nitrogens is 2. The fourth-order valence-electron chi connectivity index (χ4n) is 3.21. The highest BCUT2D eigenvalue weighted by molar-refractivity contribution is 7.97. The zero-order chi connectivity index (χ0) is 17.1. The van der Waals surface area contributed by atoms with Crippen molar-refractivity contribution in [3.05, 3.63) is 30.1 Å². The van der Waals surface area contributed by atoms with E-state index in [1.807, 2.05) is 35.1 Å². The van der Waals surface area contributed by atoms with Crippen molar-refractivity contribution in [2.45, 2.75) is 25.1 Å². The number of carbonyl (C=O) groups excluding carboxylic acids is 2. The van der Waals surface area contributed by atoms with Crippen LogP contribution in [0.2, 0.25) is 0 Å². The van der Waals surface area contributed by atoms with E-state index in [0.29, 0.717) is 13.1 Å². The van der Waals surface area contributed by atoms with E-state index in [1.165, 1.54) is 0 Å². The number of rotatable bonds is 5. The van der Waals surface area contributed by atoms with Gasteiger partial charge in [-0.25, -0.2) is 4.98 Å². The number of thioether (sulfide) groups is 1. The summed E-state index contributed by atoms with van der Waals surface area (Å²) < 4.78 is 1.99. The van der Waals surface area contributed by atoms with E-state index in [9.17, 15) is 9.59 Å². The molecule has 7 heteroatoms. The van der Waals surface area contributed by atoms with Gasteiger partial charge in [-0.15, -0.1) is 0 Å². The Kier molecular flexibility index (Phi) is 5.08. The number of likely N-dealkylation sites (tertiary alicyclic amines) is 1. The first-order chi connectivity index (χ1) is 11.6. The molecule has 3 rings (SSSR count). The number of imidazole rings is 1. The average Bonchev–Trinajstić information content (AvgIpc) is 2.93. The summed E-state index contributed by atoms with van der Waals surface area (Å²) in [5, 5.41) is 0. The van der Waals surface area contributed by atoms with Crippen LogP contribution in [0.5, 0.6) is 0 Å². The maximum Gasteiger partial charge on any atom is 0.242 e. The minimum atomic E-state index is -0.316. The van der Waals surface area contributed by atoms with Crippen LogP contribution in [-0.4, -0.2) is 45.6 Å². The molecular formula is C17H22N4O2S. The molecule has 128 valence electrons. The summed E-state index contributed by atoms with van der Waals surface area (Å²) in [6, 6.07) is 7.86. The van der Waals surface area contributed by atoms with Crippen molar-refractivity contribution in [1.82, 2.24) is 14.5 Å². The first-order valence-corrected chi connectivity index (χ1v) is 9.49. The Morgan fingerprint density at radius 2 is 2.17 bits per heavy atom. The molecule has 2 aromatic rings. The number of para-hydroxylation sites is 2. The zero-order valence-electron chi connectivity index (χ0n) is 13.8. The molecule has 0 bridgehead atoms. The van der Waals surface area contributed by atoms with E-state index in [-0.39, 0.29) is 24.3 Å². The summed E-state index contributed by atoms with van der Waals surface area (Å²) in [7, 11) is 0. The second kappa shape index (κ2) is 7.25. The number of amides is 2. The number of carbonyl (C=O) groups is 2. The number of benzene rings is 1. The van der Waals surface area contributed by atoms with Crippen LogP contribution in [0, 0.1) is 5.92 Å². The first kappa shape index (κ1) is 16.8. The van der Waals surface area contributed by atoms with Crippen molar-refractivity contribution in [3.63, 3.8) is 0 Å². The van der Waals surface area contributed by atoms with Crippen molar-refractivity contribution in [3.8, 4) is 0 Å². The molecule has 1 saturated heterocycles. The summed E-state index contributed by atoms with van der Waals surface area (Å²) in [4.78, 5) is 30.6. The molecule has 2 amide bonds. The Labute approximate surface area is 145 Å². The van der Waals surface area contributed by atoms with E-state index < -0.39 is 0 Å². The van der Waals surface area contributed by atoms with E-state index in [0.717, 1.165) is 35.5 Å². The second-order valence-corrected chi connectivity index (χ2v) is 6.98. The van der Waals surface area contributed by atoms with Crippen LogP contribution in [0.4, 0.5) is 0 Å². The molecule has 1 fully saturated rings. The van der Waals surface area contributed by atoms with Gasteiger partial charge in [0.25, 0.3) is 0 Å². The molecule has 24 heavy (non-hydrogen) atoms. The van der Waals surface area contributed by atoms with Crippen LogP contribution in [-0.2, 0) is 21.9 Å². The quantitative estimate of drug-likeness (QED) is 0.892. The topological polar surface area (TPSA) is 81.2 Å². The summed E-state index contributed by atoms with van der Waals surface area (Å²) in [5.41, 5.74) is 7.29. The molecule has 1 unspecified atom stereocenters. The Balaban J connectivity index is 1.82. The molecule has 1 aromatic heterocycles. The van der Waals surface area contributed by atoms with E-state index in [2.05, 4.69) is 4.98 Å². The van der Waals surface area contributed by atoms with Gasteiger partial charge >= 0.3 is 0 Å². The molecule has 0 aliphatic carbocycles. The van der Waals surface area contributed by atoms with E-state index >= 15 is 0 Å². The molecular weight excluding hydrogens is 324 g/mol. The third kappa shape index (κ3) is 3.40. The summed E-state index contributed by atoms with van der Waals surface area (Å²) in [6.07, 6.45) is 3.61. The number of nitrogens with two attached hydrogens (primary N) is 1. The number of fused-ring (bicyclic) bond motifs is 1. The van der Waals surface area contributed by atoms with Crippen LogP contribution in [0.3, 0.4) is 0 Å². The van der Waals surface area contributed by atoms with Crippen molar-refractivity contribution in [1.29, 1.82) is 0 Å². The molecule has 1 aliphatic heterocycles. The van der Waals surface area contributed by atoms with Gasteiger partial charge in [0.15, 0.2) is 0 Å². The molecule has 1 aliphatic rings. The highest BCUT2D eigenvalue weighted by atomic mass is 32.2. The van der Waals surface area contributed by atoms with Crippen LogP contribution < -0.4 is 5.73 Å². The molecule has 2 N–H and O–H groups in total. The largest absolute Gasteiger partial charge is 0.369 e. The Bertz CT molecular complexity index is 758. The predicted molar refractivity (Wildman–Crippen MR) is 95.5 cm³/mol. The lowest BCUT2D eigenvalue weighted by Crippen LogP contribution is -2.45. The second-order valence-electron chi connectivity index (χ2n) is 6.12.